The number of hydrogen-bond donors (Lipinski definition) is 1. The number of carboxylic acid groups (broad SMARTS) is 1. The van der Waals surface area contributed by atoms with Gasteiger partial charge in [0.05, 0.1) is 26.2 Å². The van der Waals surface area contributed by atoms with E-state index in [0.717, 1.165) is 6.07 Å². The third-order valence-corrected chi connectivity index (χ3v) is 5.16. The van der Waals surface area contributed by atoms with Gasteiger partial charge in [0.15, 0.2) is 0 Å². The lowest BCUT2D eigenvalue weighted by molar-refractivity contribution is -0.143. The molecule has 150 valence electrons. The molecule has 2 aromatic carbocycles. The van der Waals surface area contributed by atoms with E-state index >= 15 is 0 Å². The number of benzene rings is 2. The number of rotatable bonds is 6. The first kappa shape index (κ1) is 20.1. The maximum atomic E-state index is 14.7. The van der Waals surface area contributed by atoms with Crippen molar-refractivity contribution >= 4 is 5.97 Å². The summed E-state index contributed by atoms with van der Waals surface area (Å²) >= 11 is 0. The van der Waals surface area contributed by atoms with Gasteiger partial charge in [-0.2, -0.15) is 0 Å². The van der Waals surface area contributed by atoms with Crippen molar-refractivity contribution in [1.29, 1.82) is 0 Å². The lowest BCUT2D eigenvalue weighted by Crippen LogP contribution is -2.41. The first-order valence-corrected chi connectivity index (χ1v) is 9.08. The molecule has 0 amide bonds. The smallest absolute Gasteiger partial charge is 0.307 e. The fraction of sp³-hybridized carbons (Fsp3) is 0.381. The van der Waals surface area contributed by atoms with Crippen LogP contribution in [0.3, 0.4) is 0 Å². The zero-order valence-electron chi connectivity index (χ0n) is 15.8. The van der Waals surface area contributed by atoms with Gasteiger partial charge < -0.3 is 14.6 Å². The van der Waals surface area contributed by atoms with E-state index in [-0.39, 0.29) is 12.1 Å². The van der Waals surface area contributed by atoms with Crippen LogP contribution in [0.2, 0.25) is 0 Å². The van der Waals surface area contributed by atoms with Crippen molar-refractivity contribution < 1.29 is 28.2 Å². The number of carbonyl (C=O) groups is 1. The minimum absolute atomic E-state index is 0.270. The zero-order valence-corrected chi connectivity index (χ0v) is 15.8. The maximum Gasteiger partial charge on any atom is 0.307 e. The van der Waals surface area contributed by atoms with Gasteiger partial charge in [0, 0.05) is 29.8 Å². The lowest BCUT2D eigenvalue weighted by atomic mass is 9.90. The molecule has 1 aliphatic heterocycles. The molecule has 1 saturated heterocycles. The highest BCUT2D eigenvalue weighted by Gasteiger charge is 2.34. The highest BCUT2D eigenvalue weighted by atomic mass is 19.1. The van der Waals surface area contributed by atoms with E-state index in [0.29, 0.717) is 36.4 Å². The van der Waals surface area contributed by atoms with Gasteiger partial charge in [0.2, 0.25) is 0 Å². The Bertz CT molecular complexity index is 858. The zero-order chi connectivity index (χ0) is 20.3. The summed E-state index contributed by atoms with van der Waals surface area (Å²) in [5, 5.41) is 9.45. The summed E-state index contributed by atoms with van der Waals surface area (Å²) in [4.78, 5) is 13.4. The Hall–Kier alpha value is -2.67. The minimum Gasteiger partial charge on any atom is -0.497 e. The number of ether oxygens (including phenoxy) is 2. The number of halogens is 2. The fourth-order valence-electron chi connectivity index (χ4n) is 3.77. The standard InChI is InChI=1S/C21H23F2NO4/c1-27-15-6-8-17(19(11-15)28-2)20(16-7-5-14(22)10-18(16)23)24-9-3-4-13(12-24)21(25)26/h5-8,10-11,13,20H,3-4,9,12H2,1-2H3,(H,25,26). The molecule has 0 aliphatic carbocycles. The van der Waals surface area contributed by atoms with Crippen molar-refractivity contribution in [3.63, 3.8) is 0 Å². The van der Waals surface area contributed by atoms with Crippen LogP contribution in [0.4, 0.5) is 8.78 Å². The van der Waals surface area contributed by atoms with Crippen molar-refractivity contribution in [2.75, 3.05) is 27.3 Å². The van der Waals surface area contributed by atoms with Gasteiger partial charge in [-0.3, -0.25) is 9.69 Å². The summed E-state index contributed by atoms with van der Waals surface area (Å²) < 4.78 is 39.0. The predicted octanol–water partition coefficient (Wildman–Crippen LogP) is 3.87. The molecule has 1 fully saturated rings. The summed E-state index contributed by atoms with van der Waals surface area (Å²) in [7, 11) is 3.04. The summed E-state index contributed by atoms with van der Waals surface area (Å²) in [5.74, 6) is -1.68. The molecule has 2 aromatic rings. The van der Waals surface area contributed by atoms with Crippen LogP contribution < -0.4 is 9.47 Å². The van der Waals surface area contributed by atoms with E-state index in [2.05, 4.69) is 0 Å². The highest BCUT2D eigenvalue weighted by molar-refractivity contribution is 5.70. The Morgan fingerprint density at radius 2 is 1.89 bits per heavy atom. The number of piperidine rings is 1. The summed E-state index contributed by atoms with van der Waals surface area (Å²) in [6.07, 6.45) is 1.25. The number of likely N-dealkylation sites (tertiary alicyclic amines) is 1. The molecule has 2 atom stereocenters. The second-order valence-electron chi connectivity index (χ2n) is 6.85. The summed E-state index contributed by atoms with van der Waals surface area (Å²) in [6.45, 7) is 0.868. The van der Waals surface area contributed by atoms with Gasteiger partial charge >= 0.3 is 5.97 Å². The van der Waals surface area contributed by atoms with Crippen LogP contribution in [-0.4, -0.2) is 43.3 Å². The van der Waals surface area contributed by atoms with Crippen LogP contribution in [0.25, 0.3) is 0 Å². The predicted molar refractivity (Wildman–Crippen MR) is 99.7 cm³/mol. The SMILES string of the molecule is COc1ccc(C(c2ccc(F)cc2F)N2CCCC(C(=O)O)C2)c(OC)c1. The molecule has 0 radical (unpaired) electrons. The van der Waals surface area contributed by atoms with Gasteiger partial charge in [-0.25, -0.2) is 8.78 Å². The van der Waals surface area contributed by atoms with Crippen molar-refractivity contribution in [3.8, 4) is 11.5 Å². The molecule has 0 bridgehead atoms. The van der Waals surface area contributed by atoms with Crippen molar-refractivity contribution in [3.05, 3.63) is 59.2 Å². The van der Waals surface area contributed by atoms with E-state index in [4.69, 9.17) is 9.47 Å². The van der Waals surface area contributed by atoms with Gasteiger partial charge in [0.1, 0.15) is 23.1 Å². The first-order valence-electron chi connectivity index (χ1n) is 9.08. The Balaban J connectivity index is 2.11. The van der Waals surface area contributed by atoms with E-state index in [1.165, 1.54) is 26.4 Å². The molecule has 5 nitrogen and oxygen atoms in total. The molecule has 1 heterocycles. The van der Waals surface area contributed by atoms with Crippen molar-refractivity contribution in [2.45, 2.75) is 18.9 Å². The molecule has 0 saturated carbocycles. The average Bonchev–Trinajstić information content (AvgIpc) is 2.70. The Kier molecular flexibility index (Phi) is 6.14. The van der Waals surface area contributed by atoms with Crippen molar-refractivity contribution in [1.82, 2.24) is 4.90 Å². The van der Waals surface area contributed by atoms with Crippen LogP contribution in [0, 0.1) is 17.6 Å². The lowest BCUT2D eigenvalue weighted by Gasteiger charge is -2.38. The molecule has 7 heteroatoms. The van der Waals surface area contributed by atoms with Gasteiger partial charge in [-0.15, -0.1) is 0 Å². The van der Waals surface area contributed by atoms with Gasteiger partial charge in [-0.1, -0.05) is 6.07 Å². The normalized spacial score (nSPS) is 18.5. The Labute approximate surface area is 162 Å². The number of methoxy groups -OCH3 is 2. The van der Waals surface area contributed by atoms with Crippen LogP contribution in [-0.2, 0) is 4.79 Å². The summed E-state index contributed by atoms with van der Waals surface area (Å²) in [6, 6.07) is 8.06. The second-order valence-corrected chi connectivity index (χ2v) is 6.85. The largest absolute Gasteiger partial charge is 0.497 e. The molecule has 2 unspecified atom stereocenters. The Morgan fingerprint density at radius 3 is 2.54 bits per heavy atom. The summed E-state index contributed by atoms with van der Waals surface area (Å²) in [5.41, 5.74) is 0.941. The highest BCUT2D eigenvalue weighted by Crippen LogP contribution is 2.39. The van der Waals surface area contributed by atoms with Crippen LogP contribution in [0.5, 0.6) is 11.5 Å². The van der Waals surface area contributed by atoms with Gasteiger partial charge in [0.25, 0.3) is 0 Å². The van der Waals surface area contributed by atoms with Crippen molar-refractivity contribution in [2.24, 2.45) is 5.92 Å². The first-order chi connectivity index (χ1) is 13.4. The van der Waals surface area contributed by atoms with E-state index in [1.54, 1.807) is 18.2 Å². The third-order valence-electron chi connectivity index (χ3n) is 5.16. The molecule has 1 aliphatic rings. The molecular formula is C21H23F2NO4. The minimum atomic E-state index is -0.871. The molecular weight excluding hydrogens is 368 g/mol. The van der Waals surface area contributed by atoms with Crippen LogP contribution >= 0.6 is 0 Å². The van der Waals surface area contributed by atoms with Crippen LogP contribution in [0.15, 0.2) is 36.4 Å². The number of nitrogens with zero attached hydrogens (tertiary/aromatic N) is 1. The Morgan fingerprint density at radius 1 is 1.14 bits per heavy atom. The fourth-order valence-corrected chi connectivity index (χ4v) is 3.77. The van der Waals surface area contributed by atoms with E-state index < -0.39 is 29.6 Å². The monoisotopic (exact) mass is 391 g/mol. The average molecular weight is 391 g/mol. The topological polar surface area (TPSA) is 59.0 Å². The third kappa shape index (κ3) is 4.09. The molecule has 0 spiro atoms. The second kappa shape index (κ2) is 8.56. The molecule has 0 aromatic heterocycles. The molecule has 28 heavy (non-hydrogen) atoms. The molecule has 1 N–H and O–H groups in total. The van der Waals surface area contributed by atoms with E-state index in [1.807, 2.05) is 4.90 Å². The van der Waals surface area contributed by atoms with E-state index in [9.17, 15) is 18.7 Å². The molecule has 3 rings (SSSR count). The maximum absolute atomic E-state index is 14.7. The van der Waals surface area contributed by atoms with Crippen LogP contribution in [0.1, 0.15) is 30.0 Å². The number of hydrogen-bond acceptors (Lipinski definition) is 4. The number of carboxylic acids is 1. The quantitative estimate of drug-likeness (QED) is 0.810. The number of aliphatic carboxylic acids is 1. The van der Waals surface area contributed by atoms with Gasteiger partial charge in [-0.05, 0) is 37.6 Å².